The maximum atomic E-state index is 8.31. The smallest absolute Gasteiger partial charge is 0.227 e. The van der Waals surface area contributed by atoms with Crippen molar-refractivity contribution in [2.45, 2.75) is 5.33 Å². The molecule has 0 aromatic carbocycles. The summed E-state index contributed by atoms with van der Waals surface area (Å²) in [6, 6.07) is 1.84. The molecular formula is C6H4BrN3. The first-order chi connectivity index (χ1) is 4.86. The van der Waals surface area contributed by atoms with E-state index < -0.39 is 0 Å². The van der Waals surface area contributed by atoms with Crippen molar-refractivity contribution < 1.29 is 0 Å². The van der Waals surface area contributed by atoms with Gasteiger partial charge in [-0.2, -0.15) is 5.26 Å². The van der Waals surface area contributed by atoms with Crippen LogP contribution in [0.15, 0.2) is 12.4 Å². The molecule has 0 amide bonds. The van der Waals surface area contributed by atoms with Crippen molar-refractivity contribution in [2.24, 2.45) is 0 Å². The Bertz CT molecular complexity index is 249. The maximum absolute atomic E-state index is 8.31. The van der Waals surface area contributed by atoms with Crippen LogP contribution in [0.1, 0.15) is 11.4 Å². The molecule has 0 unspecified atom stereocenters. The summed E-state index contributed by atoms with van der Waals surface area (Å²) >= 11 is 3.24. The molecule has 3 nitrogen and oxygen atoms in total. The molecule has 4 heteroatoms. The van der Waals surface area contributed by atoms with Crippen LogP contribution in [0.4, 0.5) is 0 Å². The van der Waals surface area contributed by atoms with Gasteiger partial charge in [0, 0.05) is 17.7 Å². The molecule has 1 rings (SSSR count). The van der Waals surface area contributed by atoms with E-state index in [0.717, 1.165) is 10.9 Å². The van der Waals surface area contributed by atoms with Crippen LogP contribution in [0.25, 0.3) is 0 Å². The first-order valence-electron chi connectivity index (χ1n) is 2.64. The molecular weight excluding hydrogens is 194 g/mol. The summed E-state index contributed by atoms with van der Waals surface area (Å²) in [6.45, 7) is 0. The summed E-state index contributed by atoms with van der Waals surface area (Å²) in [5, 5.41) is 9.04. The third-order valence-corrected chi connectivity index (χ3v) is 1.61. The van der Waals surface area contributed by atoms with Gasteiger partial charge in [-0.25, -0.2) is 9.97 Å². The van der Waals surface area contributed by atoms with E-state index in [4.69, 9.17) is 5.26 Å². The van der Waals surface area contributed by atoms with E-state index in [1.54, 1.807) is 12.4 Å². The summed E-state index contributed by atoms with van der Waals surface area (Å²) < 4.78 is 0. The minimum atomic E-state index is 0.213. The molecule has 0 saturated carbocycles. The van der Waals surface area contributed by atoms with Gasteiger partial charge in [-0.3, -0.25) is 0 Å². The first kappa shape index (κ1) is 7.16. The van der Waals surface area contributed by atoms with E-state index in [-0.39, 0.29) is 5.82 Å². The monoisotopic (exact) mass is 197 g/mol. The van der Waals surface area contributed by atoms with E-state index in [0.29, 0.717) is 0 Å². The zero-order valence-corrected chi connectivity index (χ0v) is 6.67. The molecule has 0 atom stereocenters. The van der Waals surface area contributed by atoms with E-state index >= 15 is 0 Å². The molecule has 1 aromatic rings. The van der Waals surface area contributed by atoms with Gasteiger partial charge in [-0.1, -0.05) is 15.9 Å². The average Bonchev–Trinajstić information content (AvgIpc) is 2.05. The van der Waals surface area contributed by atoms with Gasteiger partial charge in [0.1, 0.15) is 6.07 Å². The highest BCUT2D eigenvalue weighted by Gasteiger charge is 1.92. The van der Waals surface area contributed by atoms with Gasteiger partial charge in [0.25, 0.3) is 0 Å². The average molecular weight is 198 g/mol. The van der Waals surface area contributed by atoms with Crippen molar-refractivity contribution in [1.29, 1.82) is 5.26 Å². The quantitative estimate of drug-likeness (QED) is 0.638. The second-order valence-corrected chi connectivity index (χ2v) is 2.22. The van der Waals surface area contributed by atoms with E-state index in [1.807, 2.05) is 6.07 Å². The first-order valence-corrected chi connectivity index (χ1v) is 3.76. The lowest BCUT2D eigenvalue weighted by atomic mass is 10.4. The van der Waals surface area contributed by atoms with Crippen molar-refractivity contribution >= 4 is 15.9 Å². The minimum Gasteiger partial charge on any atom is -0.227 e. The second kappa shape index (κ2) is 3.28. The van der Waals surface area contributed by atoms with Crippen LogP contribution < -0.4 is 0 Å². The highest BCUT2D eigenvalue weighted by atomic mass is 79.9. The molecule has 0 aliphatic heterocycles. The van der Waals surface area contributed by atoms with Crippen molar-refractivity contribution in [1.82, 2.24) is 9.97 Å². The minimum absolute atomic E-state index is 0.213. The van der Waals surface area contributed by atoms with Crippen LogP contribution >= 0.6 is 15.9 Å². The largest absolute Gasteiger partial charge is 0.232 e. The van der Waals surface area contributed by atoms with E-state index in [9.17, 15) is 0 Å². The van der Waals surface area contributed by atoms with Crippen LogP contribution in [0.2, 0.25) is 0 Å². The lowest BCUT2D eigenvalue weighted by Gasteiger charge is -1.90. The normalized spacial score (nSPS) is 8.80. The topological polar surface area (TPSA) is 49.6 Å². The zero-order valence-electron chi connectivity index (χ0n) is 5.08. The highest BCUT2D eigenvalue weighted by molar-refractivity contribution is 9.08. The Morgan fingerprint density at radius 3 is 2.50 bits per heavy atom. The number of nitriles is 1. The van der Waals surface area contributed by atoms with Gasteiger partial charge in [-0.05, 0) is 5.56 Å². The van der Waals surface area contributed by atoms with E-state index in [2.05, 4.69) is 25.9 Å². The molecule has 0 radical (unpaired) electrons. The fourth-order valence-electron chi connectivity index (χ4n) is 0.482. The number of alkyl halides is 1. The Hall–Kier alpha value is -0.950. The maximum Gasteiger partial charge on any atom is 0.232 e. The Kier molecular flexibility index (Phi) is 2.35. The van der Waals surface area contributed by atoms with Gasteiger partial charge < -0.3 is 0 Å². The highest BCUT2D eigenvalue weighted by Crippen LogP contribution is 2.00. The third kappa shape index (κ3) is 1.52. The predicted octanol–water partition coefficient (Wildman–Crippen LogP) is 1.24. The second-order valence-electron chi connectivity index (χ2n) is 1.66. The standard InChI is InChI=1S/C6H4BrN3/c7-1-5-3-9-6(2-8)10-4-5/h3-4H,1H2. The van der Waals surface area contributed by atoms with Crippen LogP contribution in [0, 0.1) is 11.3 Å². The van der Waals surface area contributed by atoms with Crippen molar-refractivity contribution in [2.75, 3.05) is 0 Å². The van der Waals surface area contributed by atoms with Gasteiger partial charge in [0.05, 0.1) is 0 Å². The summed E-state index contributed by atoms with van der Waals surface area (Å²) in [4.78, 5) is 7.53. The zero-order chi connectivity index (χ0) is 7.40. The molecule has 50 valence electrons. The number of aromatic nitrogens is 2. The number of rotatable bonds is 1. The molecule has 0 aliphatic rings. The Balaban J connectivity index is 2.93. The fourth-order valence-corrected chi connectivity index (χ4v) is 0.771. The van der Waals surface area contributed by atoms with Crippen LogP contribution in [0.5, 0.6) is 0 Å². The SMILES string of the molecule is N#Cc1ncc(CBr)cn1. The van der Waals surface area contributed by atoms with Crippen molar-refractivity contribution in [3.8, 4) is 6.07 Å². The van der Waals surface area contributed by atoms with Gasteiger partial charge in [0.15, 0.2) is 0 Å². The molecule has 0 saturated heterocycles. The number of halogens is 1. The lowest BCUT2D eigenvalue weighted by Crippen LogP contribution is -1.88. The molecule has 0 fully saturated rings. The third-order valence-electron chi connectivity index (χ3n) is 0.960. The van der Waals surface area contributed by atoms with Crippen molar-refractivity contribution in [3.05, 3.63) is 23.8 Å². The molecule has 1 aromatic heterocycles. The van der Waals surface area contributed by atoms with Gasteiger partial charge >= 0.3 is 0 Å². The van der Waals surface area contributed by atoms with Crippen molar-refractivity contribution in [3.63, 3.8) is 0 Å². The summed E-state index contributed by atoms with van der Waals surface area (Å²) in [6.07, 6.45) is 3.25. The predicted molar refractivity (Wildman–Crippen MR) is 39.4 cm³/mol. The van der Waals surface area contributed by atoms with E-state index in [1.165, 1.54) is 0 Å². The molecule has 0 aliphatic carbocycles. The molecule has 1 heterocycles. The van der Waals surface area contributed by atoms with Crippen LogP contribution in [-0.4, -0.2) is 9.97 Å². The number of hydrogen-bond donors (Lipinski definition) is 0. The molecule has 10 heavy (non-hydrogen) atoms. The Labute approximate surface area is 66.9 Å². The summed E-state index contributed by atoms with van der Waals surface area (Å²) in [7, 11) is 0. The van der Waals surface area contributed by atoms with Crippen LogP contribution in [0.3, 0.4) is 0 Å². The number of hydrogen-bond acceptors (Lipinski definition) is 3. The van der Waals surface area contributed by atoms with Gasteiger partial charge in [-0.15, -0.1) is 0 Å². The summed E-state index contributed by atoms with van der Waals surface area (Å²) in [5.74, 6) is 0.213. The van der Waals surface area contributed by atoms with Gasteiger partial charge in [0.2, 0.25) is 5.82 Å². The van der Waals surface area contributed by atoms with Crippen LogP contribution in [-0.2, 0) is 5.33 Å². The molecule has 0 spiro atoms. The molecule has 0 N–H and O–H groups in total. The fraction of sp³-hybridized carbons (Fsp3) is 0.167. The molecule has 0 bridgehead atoms. The Morgan fingerprint density at radius 1 is 1.50 bits per heavy atom. The lowest BCUT2D eigenvalue weighted by molar-refractivity contribution is 1.08. The summed E-state index contributed by atoms with van der Waals surface area (Å²) in [5.41, 5.74) is 0.971. The Morgan fingerprint density at radius 2 is 2.10 bits per heavy atom. The number of nitrogens with zero attached hydrogens (tertiary/aromatic N) is 3.